The monoisotopic (exact) mass is 190 g/mol. The standard InChI is InChI=1S/C10H6O4/c11-5-9-8(2-4-14-9)10(12)7-1-3-13-6-7/h1-6H. The van der Waals surface area contributed by atoms with Gasteiger partial charge in [0.25, 0.3) is 0 Å². The molecule has 0 aliphatic rings. The molecule has 70 valence electrons. The molecule has 0 radical (unpaired) electrons. The molecule has 0 aromatic carbocycles. The van der Waals surface area contributed by atoms with Crippen LogP contribution >= 0.6 is 0 Å². The molecule has 0 spiro atoms. The first-order chi connectivity index (χ1) is 6.83. The van der Waals surface area contributed by atoms with E-state index in [1.807, 2.05) is 0 Å². The fraction of sp³-hybridized carbons (Fsp3) is 0. The molecule has 4 heteroatoms. The molecule has 0 aliphatic carbocycles. The highest BCUT2D eigenvalue weighted by molar-refractivity contribution is 6.11. The molecule has 0 fully saturated rings. The van der Waals surface area contributed by atoms with Crippen LogP contribution in [0.15, 0.2) is 39.8 Å². The van der Waals surface area contributed by atoms with Gasteiger partial charge in [-0.15, -0.1) is 0 Å². The van der Waals surface area contributed by atoms with Crippen LogP contribution in [0.5, 0.6) is 0 Å². The van der Waals surface area contributed by atoms with E-state index in [0.29, 0.717) is 11.8 Å². The van der Waals surface area contributed by atoms with Crippen LogP contribution in [0.25, 0.3) is 0 Å². The van der Waals surface area contributed by atoms with Crippen molar-refractivity contribution in [3.05, 3.63) is 47.8 Å². The van der Waals surface area contributed by atoms with Crippen molar-refractivity contribution in [3.8, 4) is 0 Å². The topological polar surface area (TPSA) is 60.4 Å². The summed E-state index contributed by atoms with van der Waals surface area (Å²) >= 11 is 0. The Morgan fingerprint density at radius 3 is 2.79 bits per heavy atom. The van der Waals surface area contributed by atoms with Crippen molar-refractivity contribution in [2.45, 2.75) is 0 Å². The summed E-state index contributed by atoms with van der Waals surface area (Å²) in [6.45, 7) is 0. The first-order valence-corrected chi connectivity index (χ1v) is 3.92. The van der Waals surface area contributed by atoms with E-state index in [1.54, 1.807) is 0 Å². The van der Waals surface area contributed by atoms with Crippen LogP contribution in [0.1, 0.15) is 26.5 Å². The quantitative estimate of drug-likeness (QED) is 0.548. The summed E-state index contributed by atoms with van der Waals surface area (Å²) in [7, 11) is 0. The third-order valence-electron chi connectivity index (χ3n) is 1.83. The van der Waals surface area contributed by atoms with Gasteiger partial charge in [0.05, 0.1) is 23.7 Å². The average Bonchev–Trinajstić information content (AvgIpc) is 2.87. The van der Waals surface area contributed by atoms with Gasteiger partial charge in [0, 0.05) is 0 Å². The molecular weight excluding hydrogens is 184 g/mol. The molecule has 0 bridgehead atoms. The summed E-state index contributed by atoms with van der Waals surface area (Å²) in [5.41, 5.74) is 0.649. The molecule has 2 aromatic heterocycles. The third-order valence-corrected chi connectivity index (χ3v) is 1.83. The summed E-state index contributed by atoms with van der Waals surface area (Å²) < 4.78 is 9.58. The van der Waals surface area contributed by atoms with Gasteiger partial charge in [0.1, 0.15) is 6.26 Å². The fourth-order valence-electron chi connectivity index (χ4n) is 1.15. The van der Waals surface area contributed by atoms with E-state index < -0.39 is 0 Å². The van der Waals surface area contributed by atoms with E-state index in [1.165, 1.54) is 30.9 Å². The highest BCUT2D eigenvalue weighted by atomic mass is 16.3. The van der Waals surface area contributed by atoms with Gasteiger partial charge in [-0.05, 0) is 12.1 Å². The average molecular weight is 190 g/mol. The minimum absolute atomic E-state index is 0.0381. The first kappa shape index (κ1) is 8.50. The smallest absolute Gasteiger partial charge is 0.200 e. The molecule has 0 saturated carbocycles. The van der Waals surface area contributed by atoms with Crippen molar-refractivity contribution in [1.82, 2.24) is 0 Å². The summed E-state index contributed by atoms with van der Waals surface area (Å²) in [6, 6.07) is 2.99. The summed E-state index contributed by atoms with van der Waals surface area (Å²) in [4.78, 5) is 22.2. The van der Waals surface area contributed by atoms with Crippen LogP contribution < -0.4 is 0 Å². The minimum atomic E-state index is -0.283. The van der Waals surface area contributed by atoms with E-state index in [-0.39, 0.29) is 17.1 Å². The highest BCUT2D eigenvalue weighted by Gasteiger charge is 2.16. The van der Waals surface area contributed by atoms with Crippen molar-refractivity contribution in [1.29, 1.82) is 0 Å². The second-order valence-corrected chi connectivity index (χ2v) is 2.66. The van der Waals surface area contributed by atoms with Crippen molar-refractivity contribution >= 4 is 12.1 Å². The Bertz CT molecular complexity index is 450. The lowest BCUT2D eigenvalue weighted by Gasteiger charge is -1.92. The van der Waals surface area contributed by atoms with Gasteiger partial charge in [-0.25, -0.2) is 0 Å². The van der Waals surface area contributed by atoms with Crippen molar-refractivity contribution in [2.75, 3.05) is 0 Å². The molecule has 0 atom stereocenters. The molecular formula is C10H6O4. The minimum Gasteiger partial charge on any atom is -0.472 e. The largest absolute Gasteiger partial charge is 0.472 e. The van der Waals surface area contributed by atoms with Crippen LogP contribution in [-0.2, 0) is 0 Å². The highest BCUT2D eigenvalue weighted by Crippen LogP contribution is 2.14. The molecule has 0 N–H and O–H groups in total. The van der Waals surface area contributed by atoms with Gasteiger partial charge in [0.15, 0.2) is 17.8 Å². The SMILES string of the molecule is O=Cc1occc1C(=O)c1ccoc1. The molecule has 0 amide bonds. The zero-order valence-corrected chi connectivity index (χ0v) is 7.10. The predicted octanol–water partition coefficient (Wildman–Crippen LogP) is 1.92. The predicted molar refractivity (Wildman–Crippen MR) is 46.2 cm³/mol. The summed E-state index contributed by atoms with van der Waals surface area (Å²) in [5, 5.41) is 0. The van der Waals surface area contributed by atoms with Crippen LogP contribution in [0.3, 0.4) is 0 Å². The number of furan rings is 2. The van der Waals surface area contributed by atoms with E-state index in [0.717, 1.165) is 0 Å². The van der Waals surface area contributed by atoms with Gasteiger partial charge >= 0.3 is 0 Å². The molecule has 2 rings (SSSR count). The maximum absolute atomic E-state index is 11.7. The zero-order valence-electron chi connectivity index (χ0n) is 7.10. The molecule has 4 nitrogen and oxygen atoms in total. The number of carbonyl (C=O) groups is 2. The Labute approximate surface area is 79.1 Å². The van der Waals surface area contributed by atoms with Crippen LogP contribution in [0.4, 0.5) is 0 Å². The number of hydrogen-bond acceptors (Lipinski definition) is 4. The Kier molecular flexibility index (Phi) is 2.02. The Morgan fingerprint density at radius 1 is 1.29 bits per heavy atom. The van der Waals surface area contributed by atoms with Crippen LogP contribution in [0, 0.1) is 0 Å². The second-order valence-electron chi connectivity index (χ2n) is 2.66. The first-order valence-electron chi connectivity index (χ1n) is 3.92. The fourth-order valence-corrected chi connectivity index (χ4v) is 1.15. The molecule has 0 saturated heterocycles. The van der Waals surface area contributed by atoms with Gasteiger partial charge in [0.2, 0.25) is 0 Å². The number of aldehydes is 1. The van der Waals surface area contributed by atoms with Crippen molar-refractivity contribution in [3.63, 3.8) is 0 Å². The van der Waals surface area contributed by atoms with Crippen LogP contribution in [-0.4, -0.2) is 12.1 Å². The number of ketones is 1. The van der Waals surface area contributed by atoms with E-state index in [9.17, 15) is 9.59 Å². The lowest BCUT2D eigenvalue weighted by atomic mass is 10.1. The Balaban J connectivity index is 2.41. The second kappa shape index (κ2) is 3.33. The van der Waals surface area contributed by atoms with E-state index >= 15 is 0 Å². The molecule has 0 unspecified atom stereocenters. The Hall–Kier alpha value is -2.10. The van der Waals surface area contributed by atoms with Crippen molar-refractivity contribution in [2.24, 2.45) is 0 Å². The summed E-state index contributed by atoms with van der Waals surface area (Å²) in [6.07, 6.45) is 4.53. The lowest BCUT2D eigenvalue weighted by Crippen LogP contribution is -2.00. The molecule has 2 heterocycles. The van der Waals surface area contributed by atoms with Gasteiger partial charge in [-0.2, -0.15) is 0 Å². The number of rotatable bonds is 3. The molecule has 14 heavy (non-hydrogen) atoms. The maximum atomic E-state index is 11.7. The maximum Gasteiger partial charge on any atom is 0.200 e. The number of hydrogen-bond donors (Lipinski definition) is 0. The zero-order chi connectivity index (χ0) is 9.97. The Morgan fingerprint density at radius 2 is 2.14 bits per heavy atom. The molecule has 2 aromatic rings. The molecule has 0 aliphatic heterocycles. The van der Waals surface area contributed by atoms with Crippen LogP contribution in [0.2, 0.25) is 0 Å². The van der Waals surface area contributed by atoms with Gasteiger partial charge < -0.3 is 8.83 Å². The lowest BCUT2D eigenvalue weighted by molar-refractivity contribution is 0.102. The van der Waals surface area contributed by atoms with E-state index in [2.05, 4.69) is 0 Å². The van der Waals surface area contributed by atoms with Gasteiger partial charge in [-0.1, -0.05) is 0 Å². The van der Waals surface area contributed by atoms with Crippen molar-refractivity contribution < 1.29 is 18.4 Å². The van der Waals surface area contributed by atoms with E-state index in [4.69, 9.17) is 8.83 Å². The summed E-state index contributed by atoms with van der Waals surface area (Å²) in [5.74, 6) is -0.245. The normalized spacial score (nSPS) is 10.0. The third kappa shape index (κ3) is 1.26. The van der Waals surface area contributed by atoms with Gasteiger partial charge in [-0.3, -0.25) is 9.59 Å². The number of carbonyl (C=O) groups excluding carboxylic acids is 2.